The molecule has 2 fully saturated rings. The molecule has 5 nitrogen and oxygen atoms in total. The first-order valence-corrected chi connectivity index (χ1v) is 10.1. The summed E-state index contributed by atoms with van der Waals surface area (Å²) >= 11 is 5.29. The summed E-state index contributed by atoms with van der Waals surface area (Å²) < 4.78 is 1.94. The summed E-state index contributed by atoms with van der Waals surface area (Å²) in [5, 5.41) is 0.575. The van der Waals surface area contributed by atoms with Crippen molar-refractivity contribution in [1.82, 2.24) is 14.5 Å². The van der Waals surface area contributed by atoms with E-state index in [4.69, 9.17) is 12.2 Å². The number of benzene rings is 1. The second-order valence-corrected chi connectivity index (χ2v) is 7.88. The third-order valence-electron chi connectivity index (χ3n) is 6.05. The summed E-state index contributed by atoms with van der Waals surface area (Å²) in [6, 6.07) is 5.72. The van der Waals surface area contributed by atoms with Crippen molar-refractivity contribution in [3.63, 3.8) is 0 Å². The van der Waals surface area contributed by atoms with Gasteiger partial charge in [-0.3, -0.25) is 14.2 Å². The smallest absolute Gasteiger partial charge is 0.262 e. The highest BCUT2D eigenvalue weighted by atomic mass is 32.1. The number of fused-ring (bicyclic) bond motifs is 2. The molecule has 1 N–H and O–H groups in total. The van der Waals surface area contributed by atoms with Crippen molar-refractivity contribution in [2.75, 3.05) is 6.54 Å². The lowest BCUT2D eigenvalue weighted by molar-refractivity contribution is 0.0391. The minimum atomic E-state index is -0.101. The first-order chi connectivity index (χ1) is 12.6. The van der Waals surface area contributed by atoms with E-state index in [0.29, 0.717) is 39.7 Å². The Morgan fingerprint density at radius 2 is 2.00 bits per heavy atom. The number of rotatable bonds is 2. The largest absolute Gasteiger partial charge is 0.335 e. The van der Waals surface area contributed by atoms with Crippen molar-refractivity contribution in [3.05, 3.63) is 38.9 Å². The minimum Gasteiger partial charge on any atom is -0.335 e. The van der Waals surface area contributed by atoms with E-state index in [1.54, 1.807) is 18.2 Å². The molecule has 1 saturated carbocycles. The molecule has 1 amide bonds. The van der Waals surface area contributed by atoms with E-state index in [9.17, 15) is 9.59 Å². The Bertz CT molecular complexity index is 960. The quantitative estimate of drug-likeness (QED) is 0.815. The Morgan fingerprint density at radius 3 is 2.81 bits per heavy atom. The van der Waals surface area contributed by atoms with Crippen molar-refractivity contribution in [2.24, 2.45) is 5.92 Å². The first kappa shape index (κ1) is 17.5. The second kappa shape index (κ2) is 6.99. The van der Waals surface area contributed by atoms with Crippen molar-refractivity contribution in [3.8, 4) is 0 Å². The molecule has 0 radical (unpaired) electrons. The summed E-state index contributed by atoms with van der Waals surface area (Å²) in [6.45, 7) is 3.26. The maximum Gasteiger partial charge on any atom is 0.262 e. The summed E-state index contributed by atoms with van der Waals surface area (Å²) in [6.07, 6.45) is 7.20. The normalized spacial score (nSPS) is 23.0. The molecule has 0 bridgehead atoms. The van der Waals surface area contributed by atoms with E-state index in [1.807, 2.05) is 6.92 Å². The molecule has 138 valence electrons. The van der Waals surface area contributed by atoms with Gasteiger partial charge < -0.3 is 9.88 Å². The highest BCUT2D eigenvalue weighted by Gasteiger charge is 2.36. The fraction of sp³-hybridized carbons (Fsp3) is 0.550. The molecular weight excluding hydrogens is 346 g/mol. The van der Waals surface area contributed by atoms with Crippen molar-refractivity contribution < 1.29 is 4.79 Å². The van der Waals surface area contributed by atoms with Gasteiger partial charge in [-0.25, -0.2) is 0 Å². The molecule has 2 aliphatic rings. The third-order valence-corrected chi connectivity index (χ3v) is 6.37. The lowest BCUT2D eigenvalue weighted by Gasteiger charge is -2.44. The van der Waals surface area contributed by atoms with Crippen LogP contribution in [0.3, 0.4) is 0 Å². The maximum absolute atomic E-state index is 13.2. The molecule has 1 aromatic carbocycles. The van der Waals surface area contributed by atoms with Crippen LogP contribution >= 0.6 is 12.2 Å². The van der Waals surface area contributed by atoms with Gasteiger partial charge in [0, 0.05) is 24.7 Å². The third kappa shape index (κ3) is 2.90. The number of likely N-dealkylation sites (tertiary alicyclic amines) is 1. The van der Waals surface area contributed by atoms with Gasteiger partial charge in [0.05, 0.1) is 10.9 Å². The van der Waals surface area contributed by atoms with Gasteiger partial charge in [-0.15, -0.1) is 0 Å². The zero-order chi connectivity index (χ0) is 18.3. The Morgan fingerprint density at radius 1 is 1.23 bits per heavy atom. The topological polar surface area (TPSA) is 58.1 Å². The number of aromatic amines is 1. The number of amides is 1. The van der Waals surface area contributed by atoms with E-state index < -0.39 is 0 Å². The number of carbonyl (C=O) groups excluding carboxylic acids is 1. The first-order valence-electron chi connectivity index (χ1n) is 9.68. The fourth-order valence-corrected chi connectivity index (χ4v) is 5.04. The van der Waals surface area contributed by atoms with Gasteiger partial charge in [-0.1, -0.05) is 12.8 Å². The zero-order valence-electron chi connectivity index (χ0n) is 15.2. The lowest BCUT2D eigenvalue weighted by atomic mass is 9.78. The number of H-pyrrole nitrogens is 1. The number of carbonyl (C=O) groups is 1. The number of hydrogen-bond acceptors (Lipinski definition) is 3. The number of nitrogens with one attached hydrogen (secondary N) is 1. The molecular formula is C20H25N3O2S. The lowest BCUT2D eigenvalue weighted by Crippen LogP contribution is -2.49. The van der Waals surface area contributed by atoms with Crippen LogP contribution in [0.5, 0.6) is 0 Å². The predicted molar refractivity (Wildman–Crippen MR) is 105 cm³/mol. The monoisotopic (exact) mass is 371 g/mol. The fourth-order valence-electron chi connectivity index (χ4n) is 4.72. The molecule has 26 heavy (non-hydrogen) atoms. The van der Waals surface area contributed by atoms with E-state index >= 15 is 0 Å². The van der Waals surface area contributed by atoms with E-state index in [1.165, 1.54) is 30.3 Å². The Balaban J connectivity index is 1.71. The van der Waals surface area contributed by atoms with Gasteiger partial charge in [0.25, 0.3) is 11.5 Å². The molecule has 1 aromatic heterocycles. The molecule has 1 aliphatic heterocycles. The zero-order valence-corrected chi connectivity index (χ0v) is 16.0. The molecule has 6 heteroatoms. The average Bonchev–Trinajstić information content (AvgIpc) is 2.67. The van der Waals surface area contributed by atoms with Crippen LogP contribution in [0.25, 0.3) is 10.9 Å². The second-order valence-electron chi connectivity index (χ2n) is 7.49. The summed E-state index contributed by atoms with van der Waals surface area (Å²) in [7, 11) is 0. The number of aromatic nitrogens is 2. The van der Waals surface area contributed by atoms with Crippen LogP contribution < -0.4 is 5.56 Å². The van der Waals surface area contributed by atoms with Crippen LogP contribution in [0, 0.1) is 10.7 Å². The van der Waals surface area contributed by atoms with Crippen LogP contribution in [0.4, 0.5) is 0 Å². The summed E-state index contributed by atoms with van der Waals surface area (Å²) in [4.78, 5) is 30.9. The van der Waals surface area contributed by atoms with E-state index in [2.05, 4.69) is 9.88 Å². The number of hydrogen-bond donors (Lipinski definition) is 1. The molecule has 0 unspecified atom stereocenters. The summed E-state index contributed by atoms with van der Waals surface area (Å²) in [5.41, 5.74) is 1.19. The van der Waals surface area contributed by atoms with Gasteiger partial charge in [0.15, 0.2) is 4.77 Å². The highest BCUT2D eigenvalue weighted by molar-refractivity contribution is 7.71. The maximum atomic E-state index is 13.2. The molecule has 1 saturated heterocycles. The van der Waals surface area contributed by atoms with Crippen LogP contribution in [-0.2, 0) is 6.54 Å². The molecule has 4 rings (SSSR count). The van der Waals surface area contributed by atoms with E-state index in [-0.39, 0.29) is 11.5 Å². The molecule has 2 atom stereocenters. The minimum absolute atomic E-state index is 0.0856. The molecule has 2 heterocycles. The predicted octanol–water partition coefficient (Wildman–Crippen LogP) is 3.87. The van der Waals surface area contributed by atoms with Crippen molar-refractivity contribution >= 4 is 29.0 Å². The molecule has 0 spiro atoms. The molecule has 1 aliphatic carbocycles. The number of piperidine rings is 1. The van der Waals surface area contributed by atoms with Gasteiger partial charge in [0.1, 0.15) is 0 Å². The summed E-state index contributed by atoms with van der Waals surface area (Å²) in [5.74, 6) is 0.743. The number of nitrogens with zero attached hydrogens (tertiary/aromatic N) is 2. The average molecular weight is 372 g/mol. The van der Waals surface area contributed by atoms with Gasteiger partial charge in [-0.05, 0) is 68.9 Å². The highest BCUT2D eigenvalue weighted by Crippen LogP contribution is 2.36. The van der Waals surface area contributed by atoms with Gasteiger partial charge in [0.2, 0.25) is 0 Å². The Kier molecular flexibility index (Phi) is 4.69. The van der Waals surface area contributed by atoms with Crippen LogP contribution in [-0.4, -0.2) is 32.9 Å². The van der Waals surface area contributed by atoms with Crippen LogP contribution in [0.15, 0.2) is 23.0 Å². The standard InChI is InChI=1S/C20H25N3O2S/c1-2-22-19(25)15-10-9-14(12-16(15)21-20(22)26)18(24)23-11-5-7-13-6-3-4-8-17(13)23/h9-10,12-13,17H,2-8,11H2,1H3,(H,21,26)/t13-,17+/m0/s1. The molecule has 2 aromatic rings. The van der Waals surface area contributed by atoms with Gasteiger partial charge in [-0.2, -0.15) is 0 Å². The van der Waals surface area contributed by atoms with Crippen molar-refractivity contribution in [1.29, 1.82) is 0 Å². The SMILES string of the molecule is CCn1c(=S)[nH]c2cc(C(=O)N3CCC[C@@H]4CCCC[C@H]43)ccc2c1=O. The Hall–Kier alpha value is -1.95. The van der Waals surface area contributed by atoms with E-state index in [0.717, 1.165) is 19.4 Å². The van der Waals surface area contributed by atoms with Crippen LogP contribution in [0.1, 0.15) is 55.8 Å². The van der Waals surface area contributed by atoms with Gasteiger partial charge >= 0.3 is 0 Å². The Labute approximate surface area is 158 Å². The van der Waals surface area contributed by atoms with Crippen molar-refractivity contribution in [2.45, 2.75) is 58.0 Å². The van der Waals surface area contributed by atoms with Crippen LogP contribution in [0.2, 0.25) is 0 Å².